The average Bonchev–Trinajstić information content (AvgIpc) is 2.60. The summed E-state index contributed by atoms with van der Waals surface area (Å²) in [6, 6.07) is 8.63. The second kappa shape index (κ2) is 8.62. The highest BCUT2D eigenvalue weighted by molar-refractivity contribution is 6.31. The summed E-state index contributed by atoms with van der Waals surface area (Å²) in [5, 5.41) is 13.5. The van der Waals surface area contributed by atoms with Gasteiger partial charge in [-0.25, -0.2) is 13.6 Å². The molecule has 0 radical (unpaired) electrons. The minimum absolute atomic E-state index is 0.00763. The molecule has 28 heavy (non-hydrogen) atoms. The molecular weight excluding hydrogens is 390 g/mol. The van der Waals surface area contributed by atoms with Gasteiger partial charge in [0.15, 0.2) is 0 Å². The van der Waals surface area contributed by atoms with Gasteiger partial charge in [0.2, 0.25) is 0 Å². The lowest BCUT2D eigenvalue weighted by Crippen LogP contribution is -2.19. The molecule has 2 amide bonds. The van der Waals surface area contributed by atoms with E-state index in [1.165, 1.54) is 6.26 Å². The second-order valence-corrected chi connectivity index (χ2v) is 6.21. The molecule has 0 fully saturated rings. The summed E-state index contributed by atoms with van der Waals surface area (Å²) in [4.78, 5) is 12.0. The van der Waals surface area contributed by atoms with Gasteiger partial charge < -0.3 is 15.4 Å². The topological polar surface area (TPSA) is 75.1 Å². The van der Waals surface area contributed by atoms with Crippen LogP contribution >= 0.6 is 11.6 Å². The van der Waals surface area contributed by atoms with Gasteiger partial charge in [-0.05, 0) is 43.3 Å². The number of carbonyl (C=O) groups excluding carboxylic acids is 1. The Bertz CT molecular complexity index is 971. The van der Waals surface area contributed by atoms with E-state index in [0.717, 1.165) is 12.1 Å². The minimum atomic E-state index is -0.790. The summed E-state index contributed by atoms with van der Waals surface area (Å²) in [5.74, 6) is -1.58. The maximum atomic E-state index is 13.2. The Hall–Kier alpha value is -3.26. The Labute approximate surface area is 164 Å². The Morgan fingerprint density at radius 3 is 2.50 bits per heavy atom. The van der Waals surface area contributed by atoms with Gasteiger partial charge >= 0.3 is 6.03 Å². The summed E-state index contributed by atoms with van der Waals surface area (Å²) >= 11 is 6.08. The Morgan fingerprint density at radius 2 is 1.79 bits per heavy atom. The van der Waals surface area contributed by atoms with E-state index < -0.39 is 17.7 Å². The lowest BCUT2D eigenvalue weighted by molar-refractivity contribution is 0.186. The highest BCUT2D eigenvalue weighted by Gasteiger charge is 2.16. The average molecular weight is 405 g/mol. The highest BCUT2D eigenvalue weighted by atomic mass is 35.5. The van der Waals surface area contributed by atoms with Crippen molar-refractivity contribution in [2.75, 3.05) is 10.6 Å². The molecule has 0 aromatic heterocycles. The molecule has 0 saturated carbocycles. The zero-order valence-corrected chi connectivity index (χ0v) is 15.4. The van der Waals surface area contributed by atoms with Crippen molar-refractivity contribution in [1.82, 2.24) is 0 Å². The molecule has 1 atom stereocenters. The Balaban J connectivity index is 1.68. The number of amides is 2. The molecule has 2 aromatic rings. The fraction of sp³-hybridized carbons (Fsp3) is 0.105. The molecule has 2 aromatic carbocycles. The molecule has 0 bridgehead atoms. The number of nitrogens with one attached hydrogen (secondary N) is 2. The fourth-order valence-corrected chi connectivity index (χ4v) is 2.61. The van der Waals surface area contributed by atoms with E-state index in [-0.39, 0.29) is 11.8 Å². The third-order valence-electron chi connectivity index (χ3n) is 3.62. The van der Waals surface area contributed by atoms with Crippen LogP contribution in [0.5, 0.6) is 0 Å². The number of halogens is 3. The number of hydrogen-bond acceptors (Lipinski definition) is 4. The van der Waals surface area contributed by atoms with Gasteiger partial charge in [-0.2, -0.15) is 5.11 Å². The van der Waals surface area contributed by atoms with Crippen LogP contribution in [-0.2, 0) is 4.74 Å². The Kier molecular flexibility index (Phi) is 6.00. The van der Waals surface area contributed by atoms with E-state index in [9.17, 15) is 13.6 Å². The molecule has 1 aliphatic heterocycles. The number of hydrogen-bond donors (Lipinski definition) is 2. The maximum Gasteiger partial charge on any atom is 0.323 e. The monoisotopic (exact) mass is 404 g/mol. The molecule has 9 heteroatoms. The van der Waals surface area contributed by atoms with Crippen molar-refractivity contribution in [3.05, 3.63) is 77.2 Å². The van der Waals surface area contributed by atoms with E-state index in [2.05, 4.69) is 20.9 Å². The molecule has 1 unspecified atom stereocenters. The van der Waals surface area contributed by atoms with Crippen LogP contribution in [0.4, 0.5) is 30.6 Å². The first-order valence-electron chi connectivity index (χ1n) is 8.18. The predicted octanol–water partition coefficient (Wildman–Crippen LogP) is 6.08. The first kappa shape index (κ1) is 19.5. The van der Waals surface area contributed by atoms with Crippen LogP contribution in [0, 0.1) is 11.6 Å². The summed E-state index contributed by atoms with van der Waals surface area (Å²) in [6.45, 7) is 1.79. The number of carbonyl (C=O) groups is 1. The molecule has 144 valence electrons. The number of allylic oxidation sites excluding steroid dienone is 2. The van der Waals surface area contributed by atoms with Gasteiger partial charge in [0, 0.05) is 17.4 Å². The second-order valence-electron chi connectivity index (χ2n) is 5.80. The smallest absolute Gasteiger partial charge is 0.323 e. The zero-order chi connectivity index (χ0) is 20.1. The first-order valence-corrected chi connectivity index (χ1v) is 8.56. The summed E-state index contributed by atoms with van der Waals surface area (Å²) in [5.41, 5.74) is 1.35. The SMILES string of the molecule is CC1OC=CC(Cl)=C1N=Nc1cccc(NC(=O)Nc2cc(F)cc(F)c2)c1. The lowest BCUT2D eigenvalue weighted by Gasteiger charge is -2.15. The summed E-state index contributed by atoms with van der Waals surface area (Å²) in [7, 11) is 0. The fourth-order valence-electron chi connectivity index (χ4n) is 2.37. The molecule has 1 heterocycles. The van der Waals surface area contributed by atoms with Crippen molar-refractivity contribution in [3.8, 4) is 0 Å². The number of rotatable bonds is 4. The predicted molar refractivity (Wildman–Crippen MR) is 103 cm³/mol. The normalized spacial score (nSPS) is 16.2. The first-order chi connectivity index (χ1) is 13.4. The molecule has 2 N–H and O–H groups in total. The third kappa shape index (κ3) is 5.14. The summed E-state index contributed by atoms with van der Waals surface area (Å²) in [6.07, 6.45) is 2.73. The largest absolute Gasteiger partial charge is 0.492 e. The third-order valence-corrected chi connectivity index (χ3v) is 3.94. The van der Waals surface area contributed by atoms with Crippen LogP contribution in [0.1, 0.15) is 6.92 Å². The van der Waals surface area contributed by atoms with Crippen LogP contribution in [0.25, 0.3) is 0 Å². The van der Waals surface area contributed by atoms with E-state index in [4.69, 9.17) is 16.3 Å². The molecular formula is C19H15ClF2N4O2. The molecule has 3 rings (SSSR count). The Morgan fingerprint density at radius 1 is 1.07 bits per heavy atom. The zero-order valence-electron chi connectivity index (χ0n) is 14.6. The van der Waals surface area contributed by atoms with Crippen LogP contribution in [0.15, 0.2) is 75.8 Å². The molecule has 6 nitrogen and oxygen atoms in total. The van der Waals surface area contributed by atoms with Crippen molar-refractivity contribution in [2.24, 2.45) is 10.2 Å². The van der Waals surface area contributed by atoms with Crippen molar-refractivity contribution in [2.45, 2.75) is 13.0 Å². The number of ether oxygens (including phenoxy) is 1. The number of anilines is 2. The van der Waals surface area contributed by atoms with E-state index in [1.807, 2.05) is 0 Å². The van der Waals surface area contributed by atoms with E-state index in [1.54, 1.807) is 37.3 Å². The van der Waals surface area contributed by atoms with Crippen molar-refractivity contribution < 1.29 is 18.3 Å². The van der Waals surface area contributed by atoms with E-state index in [0.29, 0.717) is 28.2 Å². The number of benzene rings is 2. The molecule has 0 spiro atoms. The quantitative estimate of drug-likeness (QED) is 0.606. The van der Waals surface area contributed by atoms with Crippen molar-refractivity contribution in [1.29, 1.82) is 0 Å². The molecule has 0 saturated heterocycles. The van der Waals surface area contributed by atoms with Crippen LogP contribution in [-0.4, -0.2) is 12.1 Å². The minimum Gasteiger partial charge on any atom is -0.492 e. The lowest BCUT2D eigenvalue weighted by atomic mass is 10.2. The van der Waals surface area contributed by atoms with Gasteiger partial charge in [0.05, 0.1) is 17.0 Å². The number of nitrogens with zero attached hydrogens (tertiary/aromatic N) is 2. The number of azo groups is 1. The van der Waals surface area contributed by atoms with Crippen molar-refractivity contribution >= 4 is 34.7 Å². The molecule has 1 aliphatic rings. The van der Waals surface area contributed by atoms with Crippen molar-refractivity contribution in [3.63, 3.8) is 0 Å². The van der Waals surface area contributed by atoms with Gasteiger partial charge in [0.25, 0.3) is 0 Å². The molecule has 0 aliphatic carbocycles. The van der Waals surface area contributed by atoms with Crippen LogP contribution < -0.4 is 10.6 Å². The van der Waals surface area contributed by atoms with Gasteiger partial charge in [-0.3, -0.25) is 0 Å². The van der Waals surface area contributed by atoms with E-state index >= 15 is 0 Å². The standard InChI is InChI=1S/C19H15ClF2N4O2/c1-11-18(17(20)5-6-28-11)26-25-15-4-2-3-14(10-15)23-19(27)24-16-8-12(21)7-13(22)9-16/h2-11H,1H3,(H2,23,24,27). The van der Waals surface area contributed by atoms with Gasteiger partial charge in [-0.1, -0.05) is 17.7 Å². The van der Waals surface area contributed by atoms with Crippen LogP contribution in [0.2, 0.25) is 0 Å². The van der Waals surface area contributed by atoms with Crippen LogP contribution in [0.3, 0.4) is 0 Å². The highest BCUT2D eigenvalue weighted by Crippen LogP contribution is 2.26. The van der Waals surface area contributed by atoms with Gasteiger partial charge in [-0.15, -0.1) is 5.11 Å². The number of urea groups is 1. The summed E-state index contributed by atoms with van der Waals surface area (Å²) < 4.78 is 31.7. The van der Waals surface area contributed by atoms with Gasteiger partial charge in [0.1, 0.15) is 23.4 Å². The maximum absolute atomic E-state index is 13.2.